The van der Waals surface area contributed by atoms with Gasteiger partial charge in [-0.25, -0.2) is 4.79 Å². The van der Waals surface area contributed by atoms with Crippen LogP contribution in [0.3, 0.4) is 0 Å². The van der Waals surface area contributed by atoms with Crippen LogP contribution in [-0.4, -0.2) is 24.9 Å². The van der Waals surface area contributed by atoms with E-state index >= 15 is 0 Å². The van der Waals surface area contributed by atoms with E-state index in [0.29, 0.717) is 19.1 Å². The molecule has 1 aromatic carbocycles. The average molecular weight is 361 g/mol. The van der Waals surface area contributed by atoms with Crippen LogP contribution < -0.4 is 4.74 Å². The Labute approximate surface area is 156 Å². The molecule has 26 heavy (non-hydrogen) atoms. The van der Waals surface area contributed by atoms with Crippen molar-refractivity contribution in [2.24, 2.45) is 11.1 Å². The highest BCUT2D eigenvalue weighted by Gasteiger charge is 2.24. The molecule has 0 unspecified atom stereocenters. The lowest BCUT2D eigenvalue weighted by atomic mass is 9.90. The zero-order chi connectivity index (χ0) is 18.8. The van der Waals surface area contributed by atoms with Crippen LogP contribution in [-0.2, 0) is 21.0 Å². The third-order valence-electron chi connectivity index (χ3n) is 4.39. The number of carbonyl (C=O) groups excluding carboxylic acids is 1. The van der Waals surface area contributed by atoms with Crippen molar-refractivity contribution < 1.29 is 19.1 Å². The first-order chi connectivity index (χ1) is 12.7. The topological polar surface area (TPSA) is 57.1 Å². The normalized spacial score (nSPS) is 16.3. The molecular weight excluding hydrogens is 330 g/mol. The summed E-state index contributed by atoms with van der Waals surface area (Å²) < 4.78 is 11.0. The Morgan fingerprint density at radius 1 is 1.19 bits per heavy atom. The predicted molar refractivity (Wildman–Crippen MR) is 102 cm³/mol. The second kappa shape index (κ2) is 10.8. The van der Waals surface area contributed by atoms with Crippen molar-refractivity contribution in [1.29, 1.82) is 0 Å². The first-order valence-corrected chi connectivity index (χ1v) is 9.82. The Hall–Kier alpha value is -2.04. The van der Waals surface area contributed by atoms with Gasteiger partial charge in [-0.1, -0.05) is 44.7 Å². The maximum atomic E-state index is 11.9. The van der Waals surface area contributed by atoms with Gasteiger partial charge in [-0.3, -0.25) is 0 Å². The fourth-order valence-electron chi connectivity index (χ4n) is 3.14. The minimum absolute atomic E-state index is 0.229. The van der Waals surface area contributed by atoms with E-state index in [9.17, 15) is 4.79 Å². The van der Waals surface area contributed by atoms with Crippen LogP contribution in [0.2, 0.25) is 0 Å². The second-order valence-electron chi connectivity index (χ2n) is 6.77. The van der Waals surface area contributed by atoms with E-state index in [0.717, 1.165) is 23.5 Å². The van der Waals surface area contributed by atoms with Crippen LogP contribution in [0.1, 0.15) is 70.4 Å². The van der Waals surface area contributed by atoms with Crippen molar-refractivity contribution in [3.05, 3.63) is 29.3 Å². The highest BCUT2D eigenvalue weighted by molar-refractivity contribution is 6.43. The van der Waals surface area contributed by atoms with Crippen molar-refractivity contribution in [2.75, 3.05) is 13.2 Å². The summed E-state index contributed by atoms with van der Waals surface area (Å²) in [5, 5.41) is 3.84. The summed E-state index contributed by atoms with van der Waals surface area (Å²) >= 11 is 0. The number of nitrogens with zero attached hydrogens (tertiary/aromatic N) is 1. The van der Waals surface area contributed by atoms with E-state index in [1.165, 1.54) is 38.5 Å². The molecule has 0 spiro atoms. The van der Waals surface area contributed by atoms with E-state index in [-0.39, 0.29) is 5.71 Å². The number of carbonyl (C=O) groups is 1. The first kappa shape index (κ1) is 20.3. The Morgan fingerprint density at radius 3 is 2.62 bits per heavy atom. The molecule has 5 nitrogen and oxygen atoms in total. The third-order valence-corrected chi connectivity index (χ3v) is 4.39. The standard InChI is InChI=1S/C18H23NO4.C3H8/c1-2-21-18(20)17-16-9-8-15(10-14(16)12-23-19-17)22-11-13-6-4-3-5-7-13;1-3-2/h8-10,13H,2-7,11-12H2,1H3;3H2,1-2H3. The molecule has 1 heterocycles. The quantitative estimate of drug-likeness (QED) is 0.703. The van der Waals surface area contributed by atoms with E-state index in [1.807, 2.05) is 18.2 Å². The molecule has 1 aliphatic heterocycles. The van der Waals surface area contributed by atoms with E-state index in [4.69, 9.17) is 14.3 Å². The molecule has 0 amide bonds. The van der Waals surface area contributed by atoms with Crippen LogP contribution in [0.25, 0.3) is 0 Å². The number of oxime groups is 1. The van der Waals surface area contributed by atoms with Crippen LogP contribution in [0.4, 0.5) is 0 Å². The van der Waals surface area contributed by atoms with Crippen LogP contribution in [0.5, 0.6) is 5.75 Å². The highest BCUT2D eigenvalue weighted by Crippen LogP contribution is 2.27. The Kier molecular flexibility index (Phi) is 8.45. The zero-order valence-electron chi connectivity index (χ0n) is 16.3. The van der Waals surface area contributed by atoms with Gasteiger partial charge in [0.1, 0.15) is 12.4 Å². The second-order valence-corrected chi connectivity index (χ2v) is 6.77. The molecule has 1 aromatic rings. The zero-order valence-corrected chi connectivity index (χ0v) is 16.3. The van der Waals surface area contributed by atoms with Gasteiger partial charge in [0.2, 0.25) is 0 Å². The van der Waals surface area contributed by atoms with Crippen molar-refractivity contribution in [1.82, 2.24) is 0 Å². The Bertz CT molecular complexity index is 606. The minimum atomic E-state index is -0.454. The number of esters is 1. The van der Waals surface area contributed by atoms with Crippen molar-refractivity contribution in [3.63, 3.8) is 0 Å². The minimum Gasteiger partial charge on any atom is -0.493 e. The summed E-state index contributed by atoms with van der Waals surface area (Å²) in [5.74, 6) is 1.03. The molecule has 1 fully saturated rings. The third kappa shape index (κ3) is 5.75. The van der Waals surface area contributed by atoms with E-state index in [1.54, 1.807) is 6.92 Å². The van der Waals surface area contributed by atoms with Gasteiger partial charge in [0.15, 0.2) is 5.71 Å². The lowest BCUT2D eigenvalue weighted by molar-refractivity contribution is -0.135. The van der Waals surface area contributed by atoms with Crippen molar-refractivity contribution in [3.8, 4) is 5.75 Å². The molecule has 0 radical (unpaired) electrons. The van der Waals surface area contributed by atoms with Gasteiger partial charge in [-0.05, 0) is 43.9 Å². The molecule has 0 bridgehead atoms. The molecule has 5 heteroatoms. The lowest BCUT2D eigenvalue weighted by Crippen LogP contribution is -2.23. The monoisotopic (exact) mass is 361 g/mol. The van der Waals surface area contributed by atoms with Gasteiger partial charge in [0, 0.05) is 11.1 Å². The molecule has 1 aliphatic carbocycles. The molecule has 3 rings (SSSR count). The SMILES string of the molecule is CCC.CCOC(=O)C1=NOCc2cc(OCC3CCCCC3)ccc21. The average Bonchev–Trinajstić information content (AvgIpc) is 2.67. The molecule has 144 valence electrons. The first-order valence-electron chi connectivity index (χ1n) is 9.82. The number of rotatable bonds is 5. The van der Waals surface area contributed by atoms with Gasteiger partial charge in [-0.2, -0.15) is 0 Å². The number of hydrogen-bond donors (Lipinski definition) is 0. The van der Waals surface area contributed by atoms with Gasteiger partial charge in [-0.15, -0.1) is 0 Å². The van der Waals surface area contributed by atoms with Gasteiger partial charge in [0.25, 0.3) is 0 Å². The fraction of sp³-hybridized carbons (Fsp3) is 0.619. The molecule has 0 saturated heterocycles. The molecular formula is C21H31NO4. The number of ether oxygens (including phenoxy) is 2. The molecule has 0 N–H and O–H groups in total. The van der Waals surface area contributed by atoms with Gasteiger partial charge < -0.3 is 14.3 Å². The summed E-state index contributed by atoms with van der Waals surface area (Å²) in [5.41, 5.74) is 1.90. The maximum Gasteiger partial charge on any atom is 0.361 e. The van der Waals surface area contributed by atoms with Crippen LogP contribution in [0, 0.1) is 5.92 Å². The number of fused-ring (bicyclic) bond motifs is 1. The smallest absolute Gasteiger partial charge is 0.361 e. The molecule has 1 saturated carbocycles. The van der Waals surface area contributed by atoms with Crippen molar-refractivity contribution in [2.45, 2.75) is 65.9 Å². The van der Waals surface area contributed by atoms with Gasteiger partial charge >= 0.3 is 5.97 Å². The van der Waals surface area contributed by atoms with Crippen molar-refractivity contribution >= 4 is 11.7 Å². The molecule has 2 aliphatic rings. The summed E-state index contributed by atoms with van der Waals surface area (Å²) in [4.78, 5) is 17.1. The largest absolute Gasteiger partial charge is 0.493 e. The highest BCUT2D eigenvalue weighted by atomic mass is 16.6. The Balaban J connectivity index is 0.000000758. The number of hydrogen-bond acceptors (Lipinski definition) is 5. The molecule has 0 aromatic heterocycles. The van der Waals surface area contributed by atoms with Crippen LogP contribution >= 0.6 is 0 Å². The maximum absolute atomic E-state index is 11.9. The molecule has 0 atom stereocenters. The summed E-state index contributed by atoms with van der Waals surface area (Å²) in [6.07, 6.45) is 7.74. The Morgan fingerprint density at radius 2 is 1.92 bits per heavy atom. The number of benzene rings is 1. The fourth-order valence-corrected chi connectivity index (χ4v) is 3.14. The van der Waals surface area contributed by atoms with E-state index < -0.39 is 5.97 Å². The summed E-state index contributed by atoms with van der Waals surface area (Å²) in [7, 11) is 0. The summed E-state index contributed by atoms with van der Waals surface area (Å²) in [6.45, 7) is 7.44. The van der Waals surface area contributed by atoms with E-state index in [2.05, 4.69) is 19.0 Å². The predicted octanol–water partition coefficient (Wildman–Crippen LogP) is 4.86. The summed E-state index contributed by atoms with van der Waals surface area (Å²) in [6, 6.07) is 5.69. The van der Waals surface area contributed by atoms with Crippen LogP contribution in [0.15, 0.2) is 23.4 Å². The van der Waals surface area contributed by atoms with Gasteiger partial charge in [0.05, 0.1) is 13.2 Å². The lowest BCUT2D eigenvalue weighted by Gasteiger charge is -2.22.